The molecule has 2 atom stereocenters. The van der Waals surface area contributed by atoms with E-state index >= 15 is 0 Å². The number of nitrogens with zero attached hydrogens (tertiary/aromatic N) is 1. The Balaban J connectivity index is 1.69. The van der Waals surface area contributed by atoms with Gasteiger partial charge in [0.05, 0.1) is 11.8 Å². The number of carbonyl (C=O) groups is 2. The van der Waals surface area contributed by atoms with Gasteiger partial charge >= 0.3 is 0 Å². The van der Waals surface area contributed by atoms with Crippen molar-refractivity contribution >= 4 is 23.4 Å². The Morgan fingerprint density at radius 2 is 1.80 bits per heavy atom. The summed E-state index contributed by atoms with van der Waals surface area (Å²) in [6.07, 6.45) is 3.68. The van der Waals surface area contributed by atoms with Gasteiger partial charge in [0.1, 0.15) is 0 Å². The number of imide groups is 1. The van der Waals surface area contributed by atoms with E-state index in [-0.39, 0.29) is 23.7 Å². The molecule has 1 heterocycles. The molecule has 1 saturated heterocycles. The van der Waals surface area contributed by atoms with Crippen LogP contribution in [0.25, 0.3) is 0 Å². The lowest BCUT2D eigenvalue weighted by Crippen LogP contribution is -2.33. The summed E-state index contributed by atoms with van der Waals surface area (Å²) >= 11 is 6.00. The van der Waals surface area contributed by atoms with E-state index in [9.17, 15) is 9.59 Å². The topological polar surface area (TPSA) is 37.4 Å². The molecule has 1 fully saturated rings. The Morgan fingerprint density at radius 3 is 2.55 bits per heavy atom. The second kappa shape index (κ2) is 5.41. The molecule has 0 bridgehead atoms. The van der Waals surface area contributed by atoms with E-state index in [1.165, 1.54) is 4.90 Å². The van der Waals surface area contributed by atoms with Gasteiger partial charge in [0, 0.05) is 11.6 Å². The first-order valence-electron chi connectivity index (χ1n) is 6.90. The molecule has 0 unspecified atom stereocenters. The molecule has 2 aliphatic rings. The predicted molar refractivity (Wildman–Crippen MR) is 77.0 cm³/mol. The molecule has 4 heteroatoms. The number of carbonyl (C=O) groups excluding carboxylic acids is 2. The van der Waals surface area contributed by atoms with Crippen LogP contribution in [0, 0.1) is 11.8 Å². The molecule has 1 aromatic rings. The Kier molecular flexibility index (Phi) is 3.62. The fourth-order valence-electron chi connectivity index (χ4n) is 3.00. The van der Waals surface area contributed by atoms with Crippen LogP contribution in [0.1, 0.15) is 18.4 Å². The smallest absolute Gasteiger partial charge is 0.233 e. The van der Waals surface area contributed by atoms with Gasteiger partial charge in [-0.25, -0.2) is 0 Å². The second-order valence-corrected chi connectivity index (χ2v) is 5.85. The average Bonchev–Trinajstić information content (AvgIpc) is 2.70. The molecule has 2 amide bonds. The van der Waals surface area contributed by atoms with Crippen LogP contribution in [0.15, 0.2) is 41.4 Å². The van der Waals surface area contributed by atoms with Crippen molar-refractivity contribution in [2.45, 2.75) is 19.3 Å². The van der Waals surface area contributed by atoms with Gasteiger partial charge in [0.15, 0.2) is 0 Å². The van der Waals surface area contributed by atoms with Crippen molar-refractivity contribution < 1.29 is 9.59 Å². The minimum Gasteiger partial charge on any atom is -0.282 e. The van der Waals surface area contributed by atoms with Crippen LogP contribution in [0.5, 0.6) is 0 Å². The number of allylic oxidation sites excluding steroid dienone is 2. The standard InChI is InChI=1S/C16H16ClNO2/c17-12-6-7-13-14(10-12)16(20)18(15(13)19)9-8-11-4-2-1-3-5-11/h1-6,13-14H,7-10H2/t13-,14+/m0/s1. The largest absolute Gasteiger partial charge is 0.282 e. The van der Waals surface area contributed by atoms with Gasteiger partial charge in [0.25, 0.3) is 0 Å². The van der Waals surface area contributed by atoms with E-state index < -0.39 is 0 Å². The molecule has 0 aromatic heterocycles. The van der Waals surface area contributed by atoms with Gasteiger partial charge in [-0.1, -0.05) is 48.0 Å². The van der Waals surface area contributed by atoms with E-state index in [2.05, 4.69) is 0 Å². The molecular formula is C16H16ClNO2. The van der Waals surface area contributed by atoms with Gasteiger partial charge in [-0.15, -0.1) is 0 Å². The number of amides is 2. The predicted octanol–water partition coefficient (Wildman–Crippen LogP) is 2.75. The molecule has 1 aliphatic heterocycles. The minimum absolute atomic E-state index is 0.0312. The average molecular weight is 290 g/mol. The number of hydrogen-bond acceptors (Lipinski definition) is 2. The fraction of sp³-hybridized carbons (Fsp3) is 0.375. The molecule has 104 valence electrons. The maximum absolute atomic E-state index is 12.3. The highest BCUT2D eigenvalue weighted by Crippen LogP contribution is 2.38. The van der Waals surface area contributed by atoms with E-state index in [4.69, 9.17) is 11.6 Å². The van der Waals surface area contributed by atoms with Crippen LogP contribution in [-0.2, 0) is 16.0 Å². The number of hydrogen-bond donors (Lipinski definition) is 0. The summed E-state index contributed by atoms with van der Waals surface area (Å²) in [5.41, 5.74) is 1.14. The Bertz CT molecular complexity index is 567. The lowest BCUT2D eigenvalue weighted by atomic mass is 9.85. The number of rotatable bonds is 3. The first kappa shape index (κ1) is 13.4. The lowest BCUT2D eigenvalue weighted by Gasteiger charge is -2.17. The molecule has 0 spiro atoms. The number of benzene rings is 1. The SMILES string of the molecule is O=C1[C@H]2CC=C(Cl)C[C@H]2C(=O)N1CCc1ccccc1. The normalized spacial score (nSPS) is 25.6. The molecular weight excluding hydrogens is 274 g/mol. The third kappa shape index (κ3) is 2.38. The molecule has 0 saturated carbocycles. The summed E-state index contributed by atoms with van der Waals surface area (Å²) in [5.74, 6) is -0.518. The van der Waals surface area contributed by atoms with Crippen molar-refractivity contribution in [3.8, 4) is 0 Å². The van der Waals surface area contributed by atoms with Gasteiger partial charge in [0.2, 0.25) is 11.8 Å². The minimum atomic E-state index is -0.240. The van der Waals surface area contributed by atoms with Crippen molar-refractivity contribution in [2.75, 3.05) is 6.54 Å². The summed E-state index contributed by atoms with van der Waals surface area (Å²) in [4.78, 5) is 26.1. The van der Waals surface area contributed by atoms with Crippen LogP contribution in [-0.4, -0.2) is 23.3 Å². The molecule has 0 radical (unpaired) electrons. The molecule has 1 aliphatic carbocycles. The molecule has 3 nitrogen and oxygen atoms in total. The van der Waals surface area contributed by atoms with Crippen molar-refractivity contribution in [1.29, 1.82) is 0 Å². The summed E-state index contributed by atoms with van der Waals surface area (Å²) < 4.78 is 0. The molecule has 3 rings (SSSR count). The third-order valence-electron chi connectivity index (χ3n) is 4.13. The zero-order valence-electron chi connectivity index (χ0n) is 11.1. The quantitative estimate of drug-likeness (QED) is 0.803. The van der Waals surface area contributed by atoms with Crippen LogP contribution < -0.4 is 0 Å². The van der Waals surface area contributed by atoms with Crippen molar-refractivity contribution in [3.05, 3.63) is 47.0 Å². The Hall–Kier alpha value is -1.61. The Labute approximate surface area is 123 Å². The third-order valence-corrected chi connectivity index (χ3v) is 4.44. The maximum atomic E-state index is 12.3. The monoisotopic (exact) mass is 289 g/mol. The van der Waals surface area contributed by atoms with Crippen molar-refractivity contribution in [1.82, 2.24) is 4.90 Å². The summed E-state index contributed by atoms with van der Waals surface area (Å²) in [6.45, 7) is 0.465. The molecule has 20 heavy (non-hydrogen) atoms. The Morgan fingerprint density at radius 1 is 1.10 bits per heavy atom. The first-order chi connectivity index (χ1) is 9.66. The van der Waals surface area contributed by atoms with Crippen LogP contribution >= 0.6 is 11.6 Å². The van der Waals surface area contributed by atoms with Gasteiger partial charge < -0.3 is 0 Å². The van der Waals surface area contributed by atoms with E-state index in [0.29, 0.717) is 30.8 Å². The number of likely N-dealkylation sites (tertiary alicyclic amines) is 1. The van der Waals surface area contributed by atoms with Crippen LogP contribution in [0.3, 0.4) is 0 Å². The maximum Gasteiger partial charge on any atom is 0.233 e. The first-order valence-corrected chi connectivity index (χ1v) is 7.28. The summed E-state index contributed by atoms with van der Waals surface area (Å²) in [7, 11) is 0. The summed E-state index contributed by atoms with van der Waals surface area (Å²) in [5, 5.41) is 0.706. The molecule has 0 N–H and O–H groups in total. The number of halogens is 1. The van der Waals surface area contributed by atoms with E-state index in [0.717, 1.165) is 5.56 Å². The highest BCUT2D eigenvalue weighted by molar-refractivity contribution is 6.30. The summed E-state index contributed by atoms with van der Waals surface area (Å²) in [6, 6.07) is 9.91. The highest BCUT2D eigenvalue weighted by atomic mass is 35.5. The van der Waals surface area contributed by atoms with Gasteiger partial charge in [-0.05, 0) is 24.8 Å². The van der Waals surface area contributed by atoms with Crippen molar-refractivity contribution in [2.24, 2.45) is 11.8 Å². The van der Waals surface area contributed by atoms with Crippen molar-refractivity contribution in [3.63, 3.8) is 0 Å². The number of fused-ring (bicyclic) bond motifs is 1. The zero-order chi connectivity index (χ0) is 14.1. The van der Waals surface area contributed by atoms with Crippen LogP contribution in [0.4, 0.5) is 0 Å². The fourth-order valence-corrected chi connectivity index (χ4v) is 3.26. The zero-order valence-corrected chi connectivity index (χ0v) is 11.8. The molecule has 1 aromatic carbocycles. The van der Waals surface area contributed by atoms with Crippen LogP contribution in [0.2, 0.25) is 0 Å². The van der Waals surface area contributed by atoms with Gasteiger partial charge in [-0.2, -0.15) is 0 Å². The second-order valence-electron chi connectivity index (χ2n) is 5.37. The lowest BCUT2D eigenvalue weighted by molar-refractivity contribution is -0.139. The van der Waals surface area contributed by atoms with Gasteiger partial charge in [-0.3, -0.25) is 14.5 Å². The van der Waals surface area contributed by atoms with E-state index in [1.807, 2.05) is 36.4 Å². The highest BCUT2D eigenvalue weighted by Gasteiger charge is 2.47. The van der Waals surface area contributed by atoms with E-state index in [1.54, 1.807) is 0 Å².